The molecule has 9 heteroatoms. The lowest BCUT2D eigenvalue weighted by molar-refractivity contribution is -0.286. The first-order valence-electron chi connectivity index (χ1n) is 11.0. The Bertz CT molecular complexity index is 1180. The van der Waals surface area contributed by atoms with Crippen molar-refractivity contribution >= 4 is 12.1 Å². The zero-order chi connectivity index (χ0) is 24.1. The van der Waals surface area contributed by atoms with Crippen molar-refractivity contribution in [3.8, 4) is 11.5 Å². The average molecular weight is 469 g/mol. The third-order valence-electron chi connectivity index (χ3n) is 6.60. The molecule has 1 aromatic rings. The molecule has 4 aliphatic rings. The number of carbonyl (C=O) groups excluding carboxylic acids is 1. The van der Waals surface area contributed by atoms with E-state index in [0.717, 1.165) is 11.3 Å². The number of benzene rings is 1. The Kier molecular flexibility index (Phi) is 5.22. The van der Waals surface area contributed by atoms with Gasteiger partial charge in [0.25, 0.3) is 0 Å². The number of carbonyl (C=O) groups is 1. The maximum atomic E-state index is 13.4. The average Bonchev–Trinajstić information content (AvgIpc) is 3.57. The van der Waals surface area contributed by atoms with Crippen LogP contribution in [0, 0.1) is 5.92 Å². The smallest absolute Gasteiger partial charge is 0.481 e. The van der Waals surface area contributed by atoms with Gasteiger partial charge < -0.3 is 24.4 Å². The van der Waals surface area contributed by atoms with E-state index in [2.05, 4.69) is 19.8 Å². The highest BCUT2D eigenvalue weighted by atomic mass is 19.3. The van der Waals surface area contributed by atoms with Gasteiger partial charge in [0, 0.05) is 24.9 Å². The number of alkyl halides is 2. The SMILES string of the molecule is COC1=CC(C2=C(C)C=CC(NC(=O)C3(c4ccc5c(c4)OC(F)(F)O5)CC3)N2C)C=CC=N1. The molecule has 7 nitrogen and oxygen atoms in total. The number of amides is 1. The summed E-state index contributed by atoms with van der Waals surface area (Å²) in [4.78, 5) is 19.7. The normalized spacial score (nSPS) is 25.7. The lowest BCUT2D eigenvalue weighted by atomic mass is 9.93. The lowest BCUT2D eigenvalue weighted by Gasteiger charge is -2.37. The molecule has 1 aliphatic carbocycles. The summed E-state index contributed by atoms with van der Waals surface area (Å²) in [5, 5.41) is 3.12. The predicted molar refractivity (Wildman–Crippen MR) is 121 cm³/mol. The van der Waals surface area contributed by atoms with Crippen LogP contribution in [0.25, 0.3) is 0 Å². The molecular weight excluding hydrogens is 444 g/mol. The summed E-state index contributed by atoms with van der Waals surface area (Å²) in [6.07, 6.45) is 8.61. The first-order chi connectivity index (χ1) is 16.2. The van der Waals surface area contributed by atoms with Gasteiger partial charge in [-0.2, -0.15) is 0 Å². The molecule has 5 rings (SSSR count). The van der Waals surface area contributed by atoms with Crippen LogP contribution >= 0.6 is 0 Å². The number of halogens is 2. The monoisotopic (exact) mass is 469 g/mol. The van der Waals surface area contributed by atoms with Crippen molar-refractivity contribution in [3.63, 3.8) is 0 Å². The van der Waals surface area contributed by atoms with Gasteiger partial charge in [-0.15, -0.1) is 8.78 Å². The van der Waals surface area contributed by atoms with Gasteiger partial charge in [-0.25, -0.2) is 4.99 Å². The Morgan fingerprint density at radius 3 is 2.74 bits per heavy atom. The van der Waals surface area contributed by atoms with Gasteiger partial charge in [0.15, 0.2) is 11.5 Å². The Morgan fingerprint density at radius 2 is 2.00 bits per heavy atom. The number of likely N-dealkylation sites (N-methyl/N-ethyl adjacent to an activating group) is 1. The van der Waals surface area contributed by atoms with Gasteiger partial charge in [-0.05, 0) is 61.3 Å². The summed E-state index contributed by atoms with van der Waals surface area (Å²) >= 11 is 0. The molecule has 0 aromatic heterocycles. The highest BCUT2D eigenvalue weighted by Gasteiger charge is 2.53. The summed E-state index contributed by atoms with van der Waals surface area (Å²) < 4.78 is 41.2. The molecule has 0 bridgehead atoms. The Morgan fingerprint density at radius 1 is 1.24 bits per heavy atom. The fourth-order valence-electron chi connectivity index (χ4n) is 4.64. The van der Waals surface area contributed by atoms with E-state index in [1.54, 1.807) is 19.4 Å². The van der Waals surface area contributed by atoms with E-state index < -0.39 is 11.7 Å². The van der Waals surface area contributed by atoms with Crippen molar-refractivity contribution in [2.75, 3.05) is 14.2 Å². The van der Waals surface area contributed by atoms with Crippen LogP contribution in [0.2, 0.25) is 0 Å². The number of nitrogens with zero attached hydrogens (tertiary/aromatic N) is 2. The number of fused-ring (bicyclic) bond motifs is 1. The van der Waals surface area contributed by atoms with E-state index in [0.29, 0.717) is 24.3 Å². The van der Waals surface area contributed by atoms with Crippen molar-refractivity contribution in [2.24, 2.45) is 10.9 Å². The first kappa shape index (κ1) is 22.2. The molecule has 3 heterocycles. The number of hydrogen-bond donors (Lipinski definition) is 1. The fraction of sp³-hybridized carbons (Fsp3) is 0.360. The minimum absolute atomic E-state index is 0.0333. The lowest BCUT2D eigenvalue weighted by Crippen LogP contribution is -2.50. The van der Waals surface area contributed by atoms with Crippen molar-refractivity contribution in [1.29, 1.82) is 0 Å². The zero-order valence-electron chi connectivity index (χ0n) is 19.0. The first-order valence-corrected chi connectivity index (χ1v) is 11.0. The highest BCUT2D eigenvalue weighted by molar-refractivity contribution is 5.92. The fourth-order valence-corrected chi connectivity index (χ4v) is 4.64. The van der Waals surface area contributed by atoms with Gasteiger partial charge >= 0.3 is 6.29 Å². The molecular formula is C25H25F2N3O4. The molecule has 2 unspecified atom stereocenters. The van der Waals surface area contributed by atoms with E-state index in [1.807, 2.05) is 49.3 Å². The highest BCUT2D eigenvalue weighted by Crippen LogP contribution is 2.52. The second kappa shape index (κ2) is 8.00. The van der Waals surface area contributed by atoms with E-state index in [-0.39, 0.29) is 29.5 Å². The Labute approximate surface area is 196 Å². The topological polar surface area (TPSA) is 72.4 Å². The molecule has 1 saturated carbocycles. The maximum absolute atomic E-state index is 13.4. The van der Waals surface area contributed by atoms with E-state index in [1.165, 1.54) is 12.1 Å². The van der Waals surface area contributed by atoms with Crippen molar-refractivity contribution in [2.45, 2.75) is 37.6 Å². The summed E-state index contributed by atoms with van der Waals surface area (Å²) in [5.41, 5.74) is 1.94. The molecule has 3 aliphatic heterocycles. The molecule has 0 spiro atoms. The van der Waals surface area contributed by atoms with Crippen molar-refractivity contribution in [3.05, 3.63) is 71.3 Å². The standard InChI is InChI=1S/C25H25F2N3O4/c1-15-6-9-20(30(2)22(15)16-5-4-12-28-21(13-16)32-3)29-23(31)24(10-11-24)17-7-8-18-19(14-17)34-25(26,27)33-18/h4-9,12-14,16,20H,10-11H2,1-3H3,(H,29,31). The van der Waals surface area contributed by atoms with Gasteiger partial charge in [0.2, 0.25) is 11.8 Å². The van der Waals surface area contributed by atoms with Gasteiger partial charge in [0.1, 0.15) is 6.17 Å². The second-order valence-electron chi connectivity index (χ2n) is 8.77. The minimum Gasteiger partial charge on any atom is -0.481 e. The minimum atomic E-state index is -3.69. The Balaban J connectivity index is 1.35. The second-order valence-corrected chi connectivity index (χ2v) is 8.77. The Hall–Kier alpha value is -3.62. The van der Waals surface area contributed by atoms with E-state index >= 15 is 0 Å². The van der Waals surface area contributed by atoms with Crippen LogP contribution in [-0.4, -0.2) is 43.6 Å². The molecule has 0 saturated heterocycles. The summed E-state index contributed by atoms with van der Waals surface area (Å²) in [6, 6.07) is 4.56. The molecule has 1 N–H and O–H groups in total. The third-order valence-corrected chi connectivity index (χ3v) is 6.60. The molecule has 1 fully saturated rings. The largest absolute Gasteiger partial charge is 0.586 e. The van der Waals surface area contributed by atoms with Crippen LogP contribution in [0.15, 0.2) is 70.7 Å². The van der Waals surface area contributed by atoms with Gasteiger partial charge in [-0.3, -0.25) is 4.79 Å². The molecule has 1 amide bonds. The van der Waals surface area contributed by atoms with Crippen LogP contribution in [0.3, 0.4) is 0 Å². The third kappa shape index (κ3) is 3.85. The molecule has 34 heavy (non-hydrogen) atoms. The molecule has 2 atom stereocenters. The van der Waals surface area contributed by atoms with Crippen LogP contribution < -0.4 is 14.8 Å². The number of aliphatic imine (C=N–C) groups is 1. The quantitative estimate of drug-likeness (QED) is 0.706. The molecule has 1 aromatic carbocycles. The molecule has 178 valence electrons. The number of methoxy groups -OCH3 is 1. The van der Waals surface area contributed by atoms with Crippen LogP contribution in [-0.2, 0) is 14.9 Å². The van der Waals surface area contributed by atoms with Gasteiger partial charge in [-0.1, -0.05) is 18.2 Å². The summed E-state index contributed by atoms with van der Waals surface area (Å²) in [7, 11) is 3.50. The van der Waals surface area contributed by atoms with Crippen LogP contribution in [0.1, 0.15) is 25.3 Å². The maximum Gasteiger partial charge on any atom is 0.586 e. The number of ether oxygens (including phenoxy) is 3. The van der Waals surface area contributed by atoms with Crippen molar-refractivity contribution < 1.29 is 27.8 Å². The zero-order valence-corrected chi connectivity index (χ0v) is 19.0. The van der Waals surface area contributed by atoms with Gasteiger partial charge in [0.05, 0.1) is 12.5 Å². The summed E-state index contributed by atoms with van der Waals surface area (Å²) in [5.74, 6) is 0.182. The van der Waals surface area contributed by atoms with E-state index in [9.17, 15) is 13.6 Å². The number of hydrogen-bond acceptors (Lipinski definition) is 6. The summed E-state index contributed by atoms with van der Waals surface area (Å²) in [6.45, 7) is 2.02. The molecule has 0 radical (unpaired) electrons. The number of nitrogens with one attached hydrogen (secondary N) is 1. The van der Waals surface area contributed by atoms with Crippen molar-refractivity contribution in [1.82, 2.24) is 10.2 Å². The predicted octanol–water partition coefficient (Wildman–Crippen LogP) is 4.00. The van der Waals surface area contributed by atoms with Crippen LogP contribution in [0.5, 0.6) is 11.5 Å². The number of allylic oxidation sites excluding steroid dienone is 4. The number of rotatable bonds is 5. The van der Waals surface area contributed by atoms with Crippen LogP contribution in [0.4, 0.5) is 8.78 Å². The van der Waals surface area contributed by atoms with E-state index in [4.69, 9.17) is 4.74 Å².